The van der Waals surface area contributed by atoms with Gasteiger partial charge in [-0.15, -0.1) is 11.3 Å². The van der Waals surface area contributed by atoms with Crippen molar-refractivity contribution in [2.45, 2.75) is 5.75 Å². The lowest BCUT2D eigenvalue weighted by Gasteiger charge is -2.05. The number of rotatable bonds is 6. The normalized spacial score (nSPS) is 11.4. The maximum atomic E-state index is 13.0. The summed E-state index contributed by atoms with van der Waals surface area (Å²) in [7, 11) is -3.67. The van der Waals surface area contributed by atoms with E-state index < -0.39 is 15.8 Å². The van der Waals surface area contributed by atoms with Crippen LogP contribution in [0.2, 0.25) is 0 Å². The number of hydrogen-bond donors (Lipinski definition) is 1. The van der Waals surface area contributed by atoms with Gasteiger partial charge in [-0.05, 0) is 29.1 Å². The number of hydrogen-bond acceptors (Lipinski definition) is 4. The summed E-state index contributed by atoms with van der Waals surface area (Å²) in [5.74, 6) is -1.14. The fourth-order valence-corrected chi connectivity index (χ4v) is 3.33. The molecule has 0 radical (unpaired) electrons. The van der Waals surface area contributed by atoms with Crippen molar-refractivity contribution in [1.82, 2.24) is 4.72 Å². The standard InChI is InChI=1S/C13H12FNO3S2/c14-11-4-1-3-10(7-11)9-20(17,18)15-8-12(16)13-5-2-6-19-13/h1-7,15H,8-9H2. The van der Waals surface area contributed by atoms with E-state index in [0.717, 1.165) is 6.07 Å². The minimum absolute atomic E-state index is 0.289. The molecule has 0 amide bonds. The zero-order valence-electron chi connectivity index (χ0n) is 10.4. The molecule has 0 bridgehead atoms. The summed E-state index contributed by atoms with van der Waals surface area (Å²) in [5, 5.41) is 1.74. The van der Waals surface area contributed by atoms with Crippen LogP contribution in [0.15, 0.2) is 41.8 Å². The summed E-state index contributed by atoms with van der Waals surface area (Å²) < 4.78 is 38.8. The Balaban J connectivity index is 1.96. The number of benzene rings is 1. The van der Waals surface area contributed by atoms with Crippen molar-refractivity contribution in [3.8, 4) is 0 Å². The van der Waals surface area contributed by atoms with Gasteiger partial charge in [-0.2, -0.15) is 0 Å². The Morgan fingerprint density at radius 1 is 1.25 bits per heavy atom. The minimum Gasteiger partial charge on any atom is -0.292 e. The lowest BCUT2D eigenvalue weighted by Crippen LogP contribution is -2.30. The van der Waals surface area contributed by atoms with Gasteiger partial charge in [-0.25, -0.2) is 17.5 Å². The molecule has 0 saturated heterocycles. The minimum atomic E-state index is -3.67. The highest BCUT2D eigenvalue weighted by atomic mass is 32.2. The van der Waals surface area contributed by atoms with Crippen LogP contribution in [0.3, 0.4) is 0 Å². The maximum absolute atomic E-state index is 13.0. The Bertz CT molecular complexity index is 696. The van der Waals surface area contributed by atoms with Crippen molar-refractivity contribution in [2.75, 3.05) is 6.54 Å². The number of halogens is 1. The van der Waals surface area contributed by atoms with Crippen LogP contribution in [0, 0.1) is 5.82 Å². The van der Waals surface area contributed by atoms with Gasteiger partial charge in [0.15, 0.2) is 5.78 Å². The van der Waals surface area contributed by atoms with Gasteiger partial charge in [-0.1, -0.05) is 18.2 Å². The second kappa shape index (κ2) is 6.25. The highest BCUT2D eigenvalue weighted by Gasteiger charge is 2.15. The Kier molecular flexibility index (Phi) is 4.64. The van der Waals surface area contributed by atoms with E-state index in [-0.39, 0.29) is 18.1 Å². The van der Waals surface area contributed by atoms with Crippen LogP contribution < -0.4 is 4.72 Å². The van der Waals surface area contributed by atoms with Crippen LogP contribution in [0.4, 0.5) is 4.39 Å². The average Bonchev–Trinajstić information content (AvgIpc) is 2.89. The van der Waals surface area contributed by atoms with Gasteiger partial charge in [-0.3, -0.25) is 4.79 Å². The number of carbonyl (C=O) groups excluding carboxylic acids is 1. The number of sulfonamides is 1. The van der Waals surface area contributed by atoms with Gasteiger partial charge in [0.25, 0.3) is 0 Å². The van der Waals surface area contributed by atoms with E-state index in [2.05, 4.69) is 4.72 Å². The molecule has 0 aliphatic carbocycles. The average molecular weight is 313 g/mol. The topological polar surface area (TPSA) is 63.2 Å². The molecule has 0 aliphatic heterocycles. The van der Waals surface area contributed by atoms with E-state index in [1.807, 2.05) is 0 Å². The summed E-state index contributed by atoms with van der Waals surface area (Å²) in [6, 6.07) is 8.71. The van der Waals surface area contributed by atoms with Crippen LogP contribution in [0.25, 0.3) is 0 Å². The molecule has 1 heterocycles. The zero-order chi connectivity index (χ0) is 14.6. The first kappa shape index (κ1) is 14.8. The molecular weight excluding hydrogens is 301 g/mol. The van der Waals surface area contributed by atoms with E-state index in [4.69, 9.17) is 0 Å². The van der Waals surface area contributed by atoms with Crippen LogP contribution in [0.1, 0.15) is 15.2 Å². The monoisotopic (exact) mass is 313 g/mol. The highest BCUT2D eigenvalue weighted by molar-refractivity contribution is 7.88. The number of Topliss-reactive ketones (excluding diaryl/α,β-unsaturated/α-hetero) is 1. The second-order valence-corrected chi connectivity index (χ2v) is 6.87. The zero-order valence-corrected chi connectivity index (χ0v) is 12.0. The molecule has 4 nitrogen and oxygen atoms in total. The van der Waals surface area contributed by atoms with Crippen LogP contribution >= 0.6 is 11.3 Å². The quantitative estimate of drug-likeness (QED) is 0.832. The Morgan fingerprint density at radius 3 is 2.70 bits per heavy atom. The molecule has 1 aromatic carbocycles. The van der Waals surface area contributed by atoms with E-state index in [1.54, 1.807) is 17.5 Å². The number of thiophene rings is 1. The second-order valence-electron chi connectivity index (χ2n) is 4.11. The van der Waals surface area contributed by atoms with Gasteiger partial charge in [0.2, 0.25) is 10.0 Å². The molecule has 0 atom stereocenters. The number of nitrogens with one attached hydrogen (secondary N) is 1. The van der Waals surface area contributed by atoms with Crippen molar-refractivity contribution in [1.29, 1.82) is 0 Å². The molecule has 20 heavy (non-hydrogen) atoms. The van der Waals surface area contributed by atoms with Crippen LogP contribution in [-0.4, -0.2) is 20.7 Å². The SMILES string of the molecule is O=C(CNS(=O)(=O)Cc1cccc(F)c1)c1cccs1. The van der Waals surface area contributed by atoms with Crippen molar-refractivity contribution in [3.05, 3.63) is 58.0 Å². The molecule has 106 valence electrons. The van der Waals surface area contributed by atoms with E-state index in [9.17, 15) is 17.6 Å². The molecule has 0 unspecified atom stereocenters. The smallest absolute Gasteiger partial charge is 0.216 e. The Morgan fingerprint density at radius 2 is 2.05 bits per heavy atom. The Hall–Kier alpha value is -1.57. The van der Waals surface area contributed by atoms with Crippen molar-refractivity contribution >= 4 is 27.1 Å². The fourth-order valence-electron chi connectivity index (χ4n) is 1.60. The summed E-state index contributed by atoms with van der Waals surface area (Å²) >= 11 is 1.25. The highest BCUT2D eigenvalue weighted by Crippen LogP contribution is 2.10. The lowest BCUT2D eigenvalue weighted by atomic mass is 10.2. The lowest BCUT2D eigenvalue weighted by molar-refractivity contribution is 0.100. The van der Waals surface area contributed by atoms with Gasteiger partial charge >= 0.3 is 0 Å². The van der Waals surface area contributed by atoms with E-state index >= 15 is 0 Å². The molecule has 0 spiro atoms. The van der Waals surface area contributed by atoms with Gasteiger partial charge < -0.3 is 0 Å². The van der Waals surface area contributed by atoms with Gasteiger partial charge in [0.1, 0.15) is 5.82 Å². The number of ketones is 1. The van der Waals surface area contributed by atoms with E-state index in [1.165, 1.54) is 29.5 Å². The molecule has 2 rings (SSSR count). The molecular formula is C13H12FNO3S2. The summed E-state index contributed by atoms with van der Waals surface area (Å²) in [6.07, 6.45) is 0. The largest absolute Gasteiger partial charge is 0.292 e. The van der Waals surface area contributed by atoms with Crippen molar-refractivity contribution in [3.63, 3.8) is 0 Å². The van der Waals surface area contributed by atoms with Gasteiger partial charge in [0, 0.05) is 0 Å². The number of carbonyl (C=O) groups is 1. The predicted molar refractivity (Wildman–Crippen MR) is 75.7 cm³/mol. The predicted octanol–water partition coefficient (Wildman–Crippen LogP) is 2.19. The fraction of sp³-hybridized carbons (Fsp3) is 0.154. The Labute approximate surface area is 120 Å². The van der Waals surface area contributed by atoms with Crippen molar-refractivity contribution < 1.29 is 17.6 Å². The summed E-state index contributed by atoms with van der Waals surface area (Å²) in [4.78, 5) is 12.2. The first-order valence-electron chi connectivity index (χ1n) is 5.75. The van der Waals surface area contributed by atoms with Gasteiger partial charge in [0.05, 0.1) is 17.2 Å². The maximum Gasteiger partial charge on any atom is 0.216 e. The molecule has 1 aromatic heterocycles. The summed E-state index contributed by atoms with van der Waals surface area (Å²) in [5.41, 5.74) is 0.334. The molecule has 0 saturated carbocycles. The first-order valence-corrected chi connectivity index (χ1v) is 8.28. The van der Waals surface area contributed by atoms with Crippen molar-refractivity contribution in [2.24, 2.45) is 0 Å². The summed E-state index contributed by atoms with van der Waals surface area (Å²) in [6.45, 7) is -0.293. The third-order valence-electron chi connectivity index (χ3n) is 2.49. The molecule has 0 fully saturated rings. The third-order valence-corrected chi connectivity index (χ3v) is 4.70. The molecule has 7 heteroatoms. The third kappa shape index (κ3) is 4.22. The van der Waals surface area contributed by atoms with Crippen LogP contribution in [-0.2, 0) is 15.8 Å². The molecule has 1 N–H and O–H groups in total. The first-order chi connectivity index (χ1) is 9.46. The van der Waals surface area contributed by atoms with E-state index in [0.29, 0.717) is 10.4 Å². The molecule has 2 aromatic rings. The molecule has 0 aliphatic rings. The van der Waals surface area contributed by atoms with Crippen LogP contribution in [0.5, 0.6) is 0 Å².